The van der Waals surface area contributed by atoms with Crippen molar-refractivity contribution in [3.8, 4) is 11.4 Å². The topological polar surface area (TPSA) is 53.6 Å². The van der Waals surface area contributed by atoms with E-state index >= 15 is 0 Å². The van der Waals surface area contributed by atoms with Gasteiger partial charge in [-0.05, 0) is 50.2 Å². The Hall–Kier alpha value is -1.84. The van der Waals surface area contributed by atoms with Crippen LogP contribution in [0.15, 0.2) is 24.3 Å². The number of hydrogen-bond donors (Lipinski definition) is 2. The second-order valence-electron chi connectivity index (χ2n) is 6.91. The first-order chi connectivity index (χ1) is 10.0. The minimum absolute atomic E-state index is 0.510. The van der Waals surface area contributed by atoms with Gasteiger partial charge in [-0.25, -0.2) is 4.98 Å². The summed E-state index contributed by atoms with van der Waals surface area (Å²) in [5.41, 5.74) is 2.73. The van der Waals surface area contributed by atoms with Crippen molar-refractivity contribution in [1.82, 2.24) is 15.2 Å². The molecule has 3 rings (SSSR count). The second kappa shape index (κ2) is 5.51. The molecular formula is C17H24N4. The van der Waals surface area contributed by atoms with Crippen molar-refractivity contribution in [2.24, 2.45) is 5.41 Å². The van der Waals surface area contributed by atoms with Crippen LogP contribution < -0.4 is 5.32 Å². The van der Waals surface area contributed by atoms with Gasteiger partial charge in [0.1, 0.15) is 5.82 Å². The van der Waals surface area contributed by atoms with E-state index in [1.807, 2.05) is 6.92 Å². The molecule has 0 unspecified atom stereocenters. The van der Waals surface area contributed by atoms with Gasteiger partial charge < -0.3 is 5.32 Å². The van der Waals surface area contributed by atoms with Crippen LogP contribution in [-0.4, -0.2) is 21.2 Å². The van der Waals surface area contributed by atoms with E-state index in [1.54, 1.807) is 0 Å². The molecule has 1 aromatic heterocycles. The van der Waals surface area contributed by atoms with E-state index in [1.165, 1.54) is 31.4 Å². The molecule has 0 atom stereocenters. The molecule has 0 aliphatic heterocycles. The molecule has 0 spiro atoms. The average Bonchev–Trinajstić information content (AvgIpc) is 2.88. The SMILES string of the molecule is Cc1nc(-c2cccc(NC3CCC(C)(C)CC3)c2)n[nH]1. The van der Waals surface area contributed by atoms with E-state index in [9.17, 15) is 0 Å². The third-order valence-electron chi connectivity index (χ3n) is 4.43. The van der Waals surface area contributed by atoms with Crippen molar-refractivity contribution in [2.75, 3.05) is 5.32 Å². The Morgan fingerprint density at radius 1 is 1.24 bits per heavy atom. The molecule has 0 amide bonds. The fraction of sp³-hybridized carbons (Fsp3) is 0.529. The Bertz CT molecular complexity index is 605. The van der Waals surface area contributed by atoms with Crippen molar-refractivity contribution in [1.29, 1.82) is 0 Å². The molecule has 112 valence electrons. The van der Waals surface area contributed by atoms with Crippen LogP contribution in [0.5, 0.6) is 0 Å². The van der Waals surface area contributed by atoms with Gasteiger partial charge in [0.25, 0.3) is 0 Å². The summed E-state index contributed by atoms with van der Waals surface area (Å²) in [4.78, 5) is 4.39. The van der Waals surface area contributed by atoms with E-state index in [0.717, 1.165) is 17.2 Å². The molecule has 0 saturated heterocycles. The molecule has 1 saturated carbocycles. The molecule has 2 N–H and O–H groups in total. The predicted molar refractivity (Wildman–Crippen MR) is 86.2 cm³/mol. The molecule has 0 bridgehead atoms. The highest BCUT2D eigenvalue weighted by molar-refractivity contribution is 5.62. The highest BCUT2D eigenvalue weighted by atomic mass is 15.2. The van der Waals surface area contributed by atoms with Gasteiger partial charge in [0.2, 0.25) is 0 Å². The molecule has 4 nitrogen and oxygen atoms in total. The number of hydrogen-bond acceptors (Lipinski definition) is 3. The van der Waals surface area contributed by atoms with Crippen LogP contribution in [-0.2, 0) is 0 Å². The molecule has 4 heteroatoms. The third-order valence-corrected chi connectivity index (χ3v) is 4.43. The maximum atomic E-state index is 4.39. The Kier molecular flexibility index (Phi) is 3.70. The highest BCUT2D eigenvalue weighted by Crippen LogP contribution is 2.36. The van der Waals surface area contributed by atoms with Crippen LogP contribution in [0.1, 0.15) is 45.4 Å². The Morgan fingerprint density at radius 2 is 2.00 bits per heavy atom. The van der Waals surface area contributed by atoms with Crippen LogP contribution in [0, 0.1) is 12.3 Å². The van der Waals surface area contributed by atoms with Gasteiger partial charge in [-0.3, -0.25) is 5.10 Å². The Morgan fingerprint density at radius 3 is 2.67 bits per heavy atom. The summed E-state index contributed by atoms with van der Waals surface area (Å²) in [5.74, 6) is 1.61. The maximum absolute atomic E-state index is 4.39. The van der Waals surface area contributed by atoms with Crippen molar-refractivity contribution < 1.29 is 0 Å². The molecule has 1 aliphatic carbocycles. The Labute approximate surface area is 126 Å². The number of aryl methyl sites for hydroxylation is 1. The van der Waals surface area contributed by atoms with E-state index in [2.05, 4.69) is 58.6 Å². The summed E-state index contributed by atoms with van der Waals surface area (Å²) in [5, 5.41) is 10.8. The van der Waals surface area contributed by atoms with Gasteiger partial charge in [-0.1, -0.05) is 26.0 Å². The summed E-state index contributed by atoms with van der Waals surface area (Å²) >= 11 is 0. The minimum Gasteiger partial charge on any atom is -0.382 e. The normalized spacial score (nSPS) is 18.6. The van der Waals surface area contributed by atoms with Gasteiger partial charge in [0.15, 0.2) is 5.82 Å². The lowest BCUT2D eigenvalue weighted by molar-refractivity contribution is 0.232. The summed E-state index contributed by atoms with van der Waals surface area (Å²) in [7, 11) is 0. The molecule has 1 heterocycles. The summed E-state index contributed by atoms with van der Waals surface area (Å²) in [6.07, 6.45) is 5.09. The predicted octanol–water partition coefficient (Wildman–Crippen LogP) is 4.16. The van der Waals surface area contributed by atoms with E-state index in [0.29, 0.717) is 11.5 Å². The quantitative estimate of drug-likeness (QED) is 0.889. The zero-order valence-electron chi connectivity index (χ0n) is 13.1. The average molecular weight is 284 g/mol. The minimum atomic E-state index is 0.510. The number of rotatable bonds is 3. The lowest BCUT2D eigenvalue weighted by Crippen LogP contribution is -2.29. The van der Waals surface area contributed by atoms with E-state index in [4.69, 9.17) is 0 Å². The van der Waals surface area contributed by atoms with Crippen molar-refractivity contribution in [3.63, 3.8) is 0 Å². The lowest BCUT2D eigenvalue weighted by atomic mass is 9.75. The van der Waals surface area contributed by atoms with Crippen molar-refractivity contribution in [2.45, 2.75) is 52.5 Å². The number of nitrogens with zero attached hydrogens (tertiary/aromatic N) is 2. The smallest absolute Gasteiger partial charge is 0.181 e. The van der Waals surface area contributed by atoms with Crippen LogP contribution in [0.25, 0.3) is 11.4 Å². The third kappa shape index (κ3) is 3.43. The van der Waals surface area contributed by atoms with Crippen molar-refractivity contribution in [3.05, 3.63) is 30.1 Å². The number of nitrogens with one attached hydrogen (secondary N) is 2. The van der Waals surface area contributed by atoms with Crippen LogP contribution >= 0.6 is 0 Å². The lowest BCUT2D eigenvalue weighted by Gasteiger charge is -2.35. The number of aromatic amines is 1. The molecule has 1 aliphatic rings. The second-order valence-corrected chi connectivity index (χ2v) is 6.91. The number of benzene rings is 1. The number of anilines is 1. The molecule has 0 radical (unpaired) electrons. The standard InChI is InChI=1S/C17H24N4/c1-12-18-16(21-20-12)13-5-4-6-15(11-13)19-14-7-9-17(2,3)10-8-14/h4-6,11,14,19H,7-10H2,1-3H3,(H,18,20,21). The van der Waals surface area contributed by atoms with Crippen LogP contribution in [0.2, 0.25) is 0 Å². The molecule has 21 heavy (non-hydrogen) atoms. The molecule has 1 aromatic carbocycles. The summed E-state index contributed by atoms with van der Waals surface area (Å²) in [6, 6.07) is 8.97. The molecular weight excluding hydrogens is 260 g/mol. The summed E-state index contributed by atoms with van der Waals surface area (Å²) < 4.78 is 0. The first-order valence-electron chi connectivity index (χ1n) is 7.78. The molecule has 2 aromatic rings. The fourth-order valence-electron chi connectivity index (χ4n) is 3.00. The first kappa shape index (κ1) is 14.1. The zero-order valence-corrected chi connectivity index (χ0v) is 13.1. The van der Waals surface area contributed by atoms with Gasteiger partial charge >= 0.3 is 0 Å². The van der Waals surface area contributed by atoms with Crippen molar-refractivity contribution >= 4 is 5.69 Å². The Balaban J connectivity index is 1.69. The van der Waals surface area contributed by atoms with E-state index < -0.39 is 0 Å². The highest BCUT2D eigenvalue weighted by Gasteiger charge is 2.26. The number of H-pyrrole nitrogens is 1. The fourth-order valence-corrected chi connectivity index (χ4v) is 3.00. The number of aromatic nitrogens is 3. The van der Waals surface area contributed by atoms with Gasteiger partial charge in [-0.15, -0.1) is 0 Å². The first-order valence-corrected chi connectivity index (χ1v) is 7.78. The van der Waals surface area contributed by atoms with Crippen LogP contribution in [0.4, 0.5) is 5.69 Å². The van der Waals surface area contributed by atoms with Gasteiger partial charge in [-0.2, -0.15) is 5.10 Å². The monoisotopic (exact) mass is 284 g/mol. The maximum Gasteiger partial charge on any atom is 0.181 e. The van der Waals surface area contributed by atoms with Gasteiger partial charge in [0.05, 0.1) is 0 Å². The van der Waals surface area contributed by atoms with E-state index in [-0.39, 0.29) is 0 Å². The molecule has 1 fully saturated rings. The zero-order chi connectivity index (χ0) is 14.9. The largest absolute Gasteiger partial charge is 0.382 e. The summed E-state index contributed by atoms with van der Waals surface area (Å²) in [6.45, 7) is 6.66. The van der Waals surface area contributed by atoms with Gasteiger partial charge in [0, 0.05) is 17.3 Å². The van der Waals surface area contributed by atoms with Crippen LogP contribution in [0.3, 0.4) is 0 Å².